The Hall–Kier alpha value is -4.06. The highest BCUT2D eigenvalue weighted by Crippen LogP contribution is 2.32. The predicted molar refractivity (Wildman–Crippen MR) is 140 cm³/mol. The predicted octanol–water partition coefficient (Wildman–Crippen LogP) is 1.37. The van der Waals surface area contributed by atoms with Crippen LogP contribution in [0.5, 0.6) is 0 Å². The van der Waals surface area contributed by atoms with Gasteiger partial charge in [-0.2, -0.15) is 4.98 Å². The summed E-state index contributed by atoms with van der Waals surface area (Å²) in [7, 11) is 3.37. The van der Waals surface area contributed by atoms with Gasteiger partial charge in [0.15, 0.2) is 0 Å². The van der Waals surface area contributed by atoms with Gasteiger partial charge in [0.05, 0.1) is 11.6 Å². The third-order valence-corrected chi connectivity index (χ3v) is 7.64. The Morgan fingerprint density at radius 1 is 1.05 bits per heavy atom. The number of rotatable bonds is 5. The van der Waals surface area contributed by atoms with E-state index in [1.54, 1.807) is 44.7 Å². The quantitative estimate of drug-likeness (QED) is 0.461. The van der Waals surface area contributed by atoms with E-state index in [0.29, 0.717) is 41.8 Å². The van der Waals surface area contributed by atoms with Gasteiger partial charge in [0, 0.05) is 57.0 Å². The van der Waals surface area contributed by atoms with Crippen molar-refractivity contribution in [1.29, 1.82) is 0 Å². The lowest BCUT2D eigenvalue weighted by Gasteiger charge is -2.42. The molecule has 6 heterocycles. The zero-order valence-electron chi connectivity index (χ0n) is 21.5. The topological polar surface area (TPSA) is 139 Å². The summed E-state index contributed by atoms with van der Waals surface area (Å²) >= 11 is 0. The van der Waals surface area contributed by atoms with E-state index >= 15 is 0 Å². The molecule has 3 fully saturated rings. The van der Waals surface area contributed by atoms with Crippen molar-refractivity contribution >= 4 is 40.5 Å². The molecule has 3 aromatic heterocycles. The Morgan fingerprint density at radius 3 is 2.50 bits per heavy atom. The fourth-order valence-corrected chi connectivity index (χ4v) is 5.73. The molecule has 3 atom stereocenters. The van der Waals surface area contributed by atoms with E-state index in [0.717, 1.165) is 37.6 Å². The molecule has 38 heavy (non-hydrogen) atoms. The minimum absolute atomic E-state index is 0.0748. The lowest BCUT2D eigenvalue weighted by Crippen LogP contribution is -2.60. The first-order chi connectivity index (χ1) is 18.4. The summed E-state index contributed by atoms with van der Waals surface area (Å²) in [5.74, 6) is 0.792. The van der Waals surface area contributed by atoms with Crippen molar-refractivity contribution < 1.29 is 14.4 Å². The summed E-state index contributed by atoms with van der Waals surface area (Å²) in [6.45, 7) is 2.00. The van der Waals surface area contributed by atoms with Gasteiger partial charge in [-0.1, -0.05) is 0 Å². The molecule has 3 aromatic rings. The molecule has 0 aromatic carbocycles. The maximum Gasteiger partial charge on any atom is 0.269 e. The summed E-state index contributed by atoms with van der Waals surface area (Å²) in [4.78, 5) is 60.0. The number of pyridine rings is 1. The standard InChI is InChI=1S/C26H31N9O3/c1-33(2)24(37)20-10-16-12-29-26(32-22(16)30-20)31-21-8-5-15(11-28-21)23(36)34-13-17-6-7-18(14-34)35(17)25(38)19-4-3-9-27-19/h5,8,10-12,17-19,27H,3-4,6-7,9,13-14H2,1-2H3,(H2,28,29,30,31,32)/t17?,18?,19-/m0/s1. The van der Waals surface area contributed by atoms with Gasteiger partial charge < -0.3 is 30.3 Å². The molecule has 198 valence electrons. The number of anilines is 2. The first-order valence-corrected chi connectivity index (χ1v) is 13.0. The smallest absolute Gasteiger partial charge is 0.269 e. The number of fused-ring (bicyclic) bond motifs is 3. The number of likely N-dealkylation sites (tertiary alicyclic amines) is 1. The van der Waals surface area contributed by atoms with Crippen LogP contribution in [-0.2, 0) is 4.79 Å². The molecule has 3 aliphatic rings. The molecule has 2 unspecified atom stereocenters. The van der Waals surface area contributed by atoms with Crippen LogP contribution in [0, 0.1) is 0 Å². The van der Waals surface area contributed by atoms with Gasteiger partial charge in [-0.3, -0.25) is 14.4 Å². The highest BCUT2D eigenvalue weighted by Gasteiger charge is 2.45. The van der Waals surface area contributed by atoms with Crippen LogP contribution in [0.1, 0.15) is 46.5 Å². The molecule has 0 spiro atoms. The maximum atomic E-state index is 13.3. The van der Waals surface area contributed by atoms with Crippen molar-refractivity contribution in [1.82, 2.24) is 40.0 Å². The fraction of sp³-hybridized carbons (Fsp3) is 0.462. The van der Waals surface area contributed by atoms with Crippen LogP contribution in [0.2, 0.25) is 0 Å². The number of hydrogen-bond donors (Lipinski definition) is 3. The SMILES string of the molecule is CN(C)C(=O)c1cc2cnc(Nc3ccc(C(=O)N4CC5CCC(C4)N5C(=O)[C@@H]4CCCN4)cn3)nc2[nH]1. The summed E-state index contributed by atoms with van der Waals surface area (Å²) in [5, 5.41) is 7.09. The molecule has 6 rings (SSSR count). The van der Waals surface area contributed by atoms with Crippen LogP contribution in [0.25, 0.3) is 11.0 Å². The lowest BCUT2D eigenvalue weighted by molar-refractivity contribution is -0.138. The Balaban J connectivity index is 1.10. The number of aromatic nitrogens is 4. The van der Waals surface area contributed by atoms with Gasteiger partial charge in [-0.15, -0.1) is 0 Å². The Labute approximate surface area is 219 Å². The number of H-pyrrole nitrogens is 1. The van der Waals surface area contributed by atoms with Gasteiger partial charge in [-0.05, 0) is 50.4 Å². The van der Waals surface area contributed by atoms with Crippen molar-refractivity contribution in [2.45, 2.75) is 43.8 Å². The van der Waals surface area contributed by atoms with Crippen molar-refractivity contribution in [3.05, 3.63) is 41.9 Å². The molecule has 3 aliphatic heterocycles. The van der Waals surface area contributed by atoms with Crippen LogP contribution in [-0.4, -0.2) is 104 Å². The monoisotopic (exact) mass is 517 g/mol. The molecule has 3 N–H and O–H groups in total. The van der Waals surface area contributed by atoms with Crippen molar-refractivity contribution in [3.63, 3.8) is 0 Å². The van der Waals surface area contributed by atoms with E-state index in [-0.39, 0.29) is 35.8 Å². The van der Waals surface area contributed by atoms with Gasteiger partial charge in [0.1, 0.15) is 17.2 Å². The number of hydrogen-bond acceptors (Lipinski definition) is 8. The number of carbonyl (C=O) groups is 3. The lowest BCUT2D eigenvalue weighted by atomic mass is 10.1. The van der Waals surface area contributed by atoms with E-state index in [4.69, 9.17) is 0 Å². The summed E-state index contributed by atoms with van der Waals surface area (Å²) in [6.07, 6.45) is 6.98. The van der Waals surface area contributed by atoms with Crippen molar-refractivity contribution in [2.75, 3.05) is 39.0 Å². The van der Waals surface area contributed by atoms with E-state index in [2.05, 4.69) is 30.6 Å². The second-order valence-electron chi connectivity index (χ2n) is 10.4. The molecular formula is C26H31N9O3. The average Bonchev–Trinajstić information content (AvgIpc) is 3.66. The number of nitrogens with one attached hydrogen (secondary N) is 3. The number of carbonyl (C=O) groups excluding carboxylic acids is 3. The molecule has 0 aliphatic carbocycles. The molecule has 2 bridgehead atoms. The van der Waals surface area contributed by atoms with Crippen LogP contribution < -0.4 is 10.6 Å². The first kappa shape index (κ1) is 24.3. The van der Waals surface area contributed by atoms with Crippen molar-refractivity contribution in [2.24, 2.45) is 0 Å². The van der Waals surface area contributed by atoms with Crippen molar-refractivity contribution in [3.8, 4) is 0 Å². The van der Waals surface area contributed by atoms with E-state index in [1.807, 2.05) is 9.80 Å². The number of piperazine rings is 1. The zero-order chi connectivity index (χ0) is 26.4. The Kier molecular flexibility index (Phi) is 6.18. The Morgan fingerprint density at radius 2 is 1.84 bits per heavy atom. The summed E-state index contributed by atoms with van der Waals surface area (Å²) in [5.41, 5.74) is 1.47. The third kappa shape index (κ3) is 4.44. The molecule has 12 nitrogen and oxygen atoms in total. The van der Waals surface area contributed by atoms with Gasteiger partial charge in [-0.25, -0.2) is 9.97 Å². The highest BCUT2D eigenvalue weighted by molar-refractivity contribution is 5.97. The largest absolute Gasteiger partial charge is 0.344 e. The first-order valence-electron chi connectivity index (χ1n) is 13.0. The van der Waals surface area contributed by atoms with E-state index < -0.39 is 0 Å². The molecule has 12 heteroatoms. The highest BCUT2D eigenvalue weighted by atomic mass is 16.2. The van der Waals surface area contributed by atoms with Crippen LogP contribution in [0.3, 0.4) is 0 Å². The fourth-order valence-electron chi connectivity index (χ4n) is 5.73. The summed E-state index contributed by atoms with van der Waals surface area (Å²) in [6, 6.07) is 5.25. The molecule has 3 saturated heterocycles. The van der Waals surface area contributed by atoms with E-state index in [1.165, 1.54) is 4.90 Å². The van der Waals surface area contributed by atoms with Crippen LogP contribution in [0.4, 0.5) is 11.8 Å². The van der Waals surface area contributed by atoms with Gasteiger partial charge >= 0.3 is 0 Å². The van der Waals surface area contributed by atoms with Gasteiger partial charge in [0.2, 0.25) is 11.9 Å². The second kappa shape index (κ2) is 9.67. The second-order valence-corrected chi connectivity index (χ2v) is 10.4. The van der Waals surface area contributed by atoms with Crippen LogP contribution >= 0.6 is 0 Å². The van der Waals surface area contributed by atoms with E-state index in [9.17, 15) is 14.4 Å². The minimum Gasteiger partial charge on any atom is -0.344 e. The number of aromatic amines is 1. The molecule has 0 saturated carbocycles. The Bertz CT molecular complexity index is 1370. The molecule has 3 amide bonds. The van der Waals surface area contributed by atoms with Crippen LogP contribution in [0.15, 0.2) is 30.6 Å². The number of nitrogens with zero attached hydrogens (tertiary/aromatic N) is 6. The number of amides is 3. The molecule has 0 radical (unpaired) electrons. The minimum atomic E-state index is -0.147. The summed E-state index contributed by atoms with van der Waals surface area (Å²) < 4.78 is 0. The van der Waals surface area contributed by atoms with Gasteiger partial charge in [0.25, 0.3) is 11.8 Å². The maximum absolute atomic E-state index is 13.3. The molecular weight excluding hydrogens is 486 g/mol. The third-order valence-electron chi connectivity index (χ3n) is 7.64. The normalized spacial score (nSPS) is 22.6. The zero-order valence-corrected chi connectivity index (χ0v) is 21.5. The average molecular weight is 518 g/mol.